The number of benzene rings is 4. The number of methoxy groups -OCH3 is 1. The van der Waals surface area contributed by atoms with E-state index in [0.29, 0.717) is 38.2 Å². The number of aromatic nitrogens is 1. The SMILES string of the molecule is COc1cc(/C=c2/sc3n(c2=O)C(c2ccc(Cl)cc2)C2=C(N=3)c3ccccc3CC2)ccc1OCc1ccc2c(c1)OCO2. The van der Waals surface area contributed by atoms with Gasteiger partial charge in [-0.15, -0.1) is 0 Å². The first-order valence-corrected chi connectivity index (χ1v) is 15.8. The number of allylic oxidation sites excluding steroid dienone is 1. The second-order valence-corrected chi connectivity index (χ2v) is 12.5. The van der Waals surface area contributed by atoms with Crippen molar-refractivity contribution < 1.29 is 18.9 Å². The number of hydrogen-bond acceptors (Lipinski definition) is 7. The van der Waals surface area contributed by atoms with Crippen molar-refractivity contribution in [3.05, 3.63) is 143 Å². The number of aryl methyl sites for hydroxylation is 1. The maximum atomic E-state index is 14.1. The van der Waals surface area contributed by atoms with Crippen molar-refractivity contribution in [3.8, 4) is 23.0 Å². The van der Waals surface area contributed by atoms with Gasteiger partial charge in [0.05, 0.1) is 23.4 Å². The number of thiazole rings is 1. The minimum Gasteiger partial charge on any atom is -0.493 e. The zero-order valence-corrected chi connectivity index (χ0v) is 25.9. The summed E-state index contributed by atoms with van der Waals surface area (Å²) in [5.41, 5.74) is 7.25. The fourth-order valence-electron chi connectivity index (χ4n) is 6.20. The van der Waals surface area contributed by atoms with Gasteiger partial charge in [-0.25, -0.2) is 4.99 Å². The van der Waals surface area contributed by atoms with Crippen LogP contribution in [0.4, 0.5) is 0 Å². The van der Waals surface area contributed by atoms with Crippen LogP contribution in [0.2, 0.25) is 5.02 Å². The summed E-state index contributed by atoms with van der Waals surface area (Å²) < 4.78 is 25.1. The van der Waals surface area contributed by atoms with Crippen molar-refractivity contribution in [1.82, 2.24) is 4.57 Å². The van der Waals surface area contributed by atoms with Crippen LogP contribution >= 0.6 is 22.9 Å². The molecule has 3 heterocycles. The molecule has 0 saturated heterocycles. The van der Waals surface area contributed by atoms with Gasteiger partial charge < -0.3 is 18.9 Å². The topological polar surface area (TPSA) is 71.3 Å². The Kier molecular flexibility index (Phi) is 6.96. The molecule has 0 spiro atoms. The summed E-state index contributed by atoms with van der Waals surface area (Å²) in [6.07, 6.45) is 3.63. The van der Waals surface area contributed by atoms with E-state index in [4.69, 9.17) is 35.5 Å². The lowest BCUT2D eigenvalue weighted by atomic mass is 9.83. The van der Waals surface area contributed by atoms with Gasteiger partial charge in [0.1, 0.15) is 6.61 Å². The highest BCUT2D eigenvalue weighted by Crippen LogP contribution is 2.41. The Morgan fingerprint density at radius 1 is 0.978 bits per heavy atom. The molecule has 45 heavy (non-hydrogen) atoms. The molecule has 0 N–H and O–H groups in total. The fraction of sp³-hybridized carbons (Fsp3) is 0.167. The molecule has 9 heteroatoms. The zero-order chi connectivity index (χ0) is 30.5. The smallest absolute Gasteiger partial charge is 0.271 e. The first-order valence-electron chi connectivity index (χ1n) is 14.6. The number of halogens is 1. The normalized spacial score (nSPS) is 16.5. The van der Waals surface area contributed by atoms with E-state index in [9.17, 15) is 4.79 Å². The molecule has 3 aliphatic rings. The fourth-order valence-corrected chi connectivity index (χ4v) is 7.33. The highest BCUT2D eigenvalue weighted by Gasteiger charge is 2.32. The van der Waals surface area contributed by atoms with E-state index in [2.05, 4.69) is 18.2 Å². The molecular formula is C36H27ClN2O5S. The van der Waals surface area contributed by atoms with Crippen LogP contribution in [0.5, 0.6) is 23.0 Å². The predicted octanol–water partition coefficient (Wildman–Crippen LogP) is 6.29. The number of rotatable bonds is 6. The Morgan fingerprint density at radius 2 is 1.82 bits per heavy atom. The van der Waals surface area contributed by atoms with Gasteiger partial charge in [0.2, 0.25) is 6.79 Å². The minimum atomic E-state index is -0.259. The van der Waals surface area contributed by atoms with Crippen LogP contribution in [0, 0.1) is 0 Å². The summed E-state index contributed by atoms with van der Waals surface area (Å²) >= 11 is 7.65. The van der Waals surface area contributed by atoms with Crippen LogP contribution in [-0.2, 0) is 13.0 Å². The molecule has 0 radical (unpaired) electrons. The van der Waals surface area contributed by atoms with E-state index in [1.165, 1.54) is 16.9 Å². The van der Waals surface area contributed by atoms with Gasteiger partial charge >= 0.3 is 0 Å². The number of ether oxygens (including phenoxy) is 4. The molecule has 8 rings (SSSR count). The second-order valence-electron chi connectivity index (χ2n) is 11.1. The molecule has 1 unspecified atom stereocenters. The monoisotopic (exact) mass is 634 g/mol. The Morgan fingerprint density at radius 3 is 2.69 bits per heavy atom. The molecule has 224 valence electrons. The maximum Gasteiger partial charge on any atom is 0.271 e. The molecule has 7 nitrogen and oxygen atoms in total. The zero-order valence-electron chi connectivity index (χ0n) is 24.3. The van der Waals surface area contributed by atoms with Gasteiger partial charge in [-0.05, 0) is 83.1 Å². The van der Waals surface area contributed by atoms with E-state index in [-0.39, 0.29) is 18.4 Å². The van der Waals surface area contributed by atoms with Gasteiger partial charge in [-0.3, -0.25) is 9.36 Å². The molecule has 2 aliphatic heterocycles. The summed E-state index contributed by atoms with van der Waals surface area (Å²) in [6, 6.07) is 27.3. The molecule has 0 fully saturated rings. The Bertz CT molecular complexity index is 2180. The van der Waals surface area contributed by atoms with E-state index in [1.807, 2.05) is 77.4 Å². The van der Waals surface area contributed by atoms with Crippen LogP contribution in [0.25, 0.3) is 11.8 Å². The quantitative estimate of drug-likeness (QED) is 0.220. The van der Waals surface area contributed by atoms with E-state index in [0.717, 1.165) is 52.1 Å². The van der Waals surface area contributed by atoms with Crippen LogP contribution in [0.15, 0.2) is 100 Å². The number of fused-ring (bicyclic) bond motifs is 4. The largest absolute Gasteiger partial charge is 0.493 e. The first-order chi connectivity index (χ1) is 22.1. The van der Waals surface area contributed by atoms with Crippen LogP contribution in [-0.4, -0.2) is 18.5 Å². The Hall–Kier alpha value is -4.79. The lowest BCUT2D eigenvalue weighted by Gasteiger charge is -2.30. The van der Waals surface area contributed by atoms with Crippen molar-refractivity contribution in [1.29, 1.82) is 0 Å². The number of nitrogens with zero attached hydrogens (tertiary/aromatic N) is 2. The third-order valence-electron chi connectivity index (χ3n) is 8.38. The van der Waals surface area contributed by atoms with Crippen LogP contribution < -0.4 is 33.8 Å². The van der Waals surface area contributed by atoms with Crippen LogP contribution in [0.3, 0.4) is 0 Å². The molecular weight excluding hydrogens is 608 g/mol. The van der Waals surface area contributed by atoms with Gasteiger partial charge in [0.15, 0.2) is 27.8 Å². The Labute approximate surface area is 267 Å². The Balaban J connectivity index is 1.17. The van der Waals surface area contributed by atoms with Gasteiger partial charge in [-0.1, -0.05) is 71.5 Å². The lowest BCUT2D eigenvalue weighted by Crippen LogP contribution is -2.38. The predicted molar refractivity (Wildman–Crippen MR) is 174 cm³/mol. The summed E-state index contributed by atoms with van der Waals surface area (Å²) in [7, 11) is 1.61. The summed E-state index contributed by atoms with van der Waals surface area (Å²) in [6.45, 7) is 0.564. The highest BCUT2D eigenvalue weighted by molar-refractivity contribution is 7.07. The molecule has 1 aromatic heterocycles. The molecule has 4 aromatic carbocycles. The van der Waals surface area contributed by atoms with Gasteiger partial charge in [0.25, 0.3) is 5.56 Å². The third-order valence-corrected chi connectivity index (χ3v) is 9.61. The van der Waals surface area contributed by atoms with Crippen molar-refractivity contribution >= 4 is 34.7 Å². The van der Waals surface area contributed by atoms with Gasteiger partial charge in [-0.2, -0.15) is 0 Å². The summed E-state index contributed by atoms with van der Waals surface area (Å²) in [5, 5.41) is 0.659. The average Bonchev–Trinajstić information content (AvgIpc) is 3.67. The minimum absolute atomic E-state index is 0.0776. The van der Waals surface area contributed by atoms with E-state index >= 15 is 0 Å². The van der Waals surface area contributed by atoms with E-state index < -0.39 is 0 Å². The van der Waals surface area contributed by atoms with Crippen molar-refractivity contribution in [2.24, 2.45) is 4.99 Å². The van der Waals surface area contributed by atoms with Crippen molar-refractivity contribution in [3.63, 3.8) is 0 Å². The summed E-state index contributed by atoms with van der Waals surface area (Å²) in [4.78, 5) is 19.9. The average molecular weight is 635 g/mol. The number of hydrogen-bond donors (Lipinski definition) is 0. The van der Waals surface area contributed by atoms with Crippen LogP contribution in [0.1, 0.15) is 40.3 Å². The van der Waals surface area contributed by atoms with Crippen molar-refractivity contribution in [2.45, 2.75) is 25.5 Å². The first kappa shape index (κ1) is 27.7. The highest BCUT2D eigenvalue weighted by atomic mass is 35.5. The molecule has 5 aromatic rings. The van der Waals surface area contributed by atoms with Gasteiger partial charge in [0, 0.05) is 10.6 Å². The molecule has 1 atom stereocenters. The molecule has 1 aliphatic carbocycles. The lowest BCUT2D eigenvalue weighted by molar-refractivity contribution is 0.174. The molecule has 0 saturated carbocycles. The standard InChI is InChI=1S/C36H27ClN2O5S/c1-41-30-16-21(6-14-28(30)42-19-22-7-15-29-31(17-22)44-20-43-29)18-32-35(40)39-34(24-8-11-25(37)12-9-24)27-13-10-23-4-2-3-5-26(23)33(27)38-36(39)45-32/h2-9,11-12,14-18,34H,10,13,19-20H2,1H3/b32-18+. The maximum absolute atomic E-state index is 14.1. The molecule has 0 amide bonds. The van der Waals surface area contributed by atoms with Crippen molar-refractivity contribution in [2.75, 3.05) is 13.9 Å². The summed E-state index contributed by atoms with van der Waals surface area (Å²) in [5.74, 6) is 2.62. The molecule has 0 bridgehead atoms. The third kappa shape index (κ3) is 5.00. The second kappa shape index (κ2) is 11.3. The van der Waals surface area contributed by atoms with E-state index in [1.54, 1.807) is 7.11 Å².